The van der Waals surface area contributed by atoms with Crippen LogP contribution < -0.4 is 5.32 Å². The number of amides is 1. The molecule has 1 heterocycles. The van der Waals surface area contributed by atoms with Crippen LogP contribution in [0.25, 0.3) is 0 Å². The van der Waals surface area contributed by atoms with Crippen LogP contribution in [0.15, 0.2) is 47.4 Å². The largest absolute Gasteiger partial charge is 0.325 e. The highest BCUT2D eigenvalue weighted by Crippen LogP contribution is 2.33. The van der Waals surface area contributed by atoms with Crippen molar-refractivity contribution in [1.29, 1.82) is 0 Å². The third kappa shape index (κ3) is 2.89. The standard InChI is InChI=1S/C17H14ClNO2S/c1-10-12-8-11(6-7-14(12)19-17(10)21)15(20)9-22-16-5-3-2-4-13(16)18/h2-8,10H,9H2,1H3,(H,19,21)/t10-/m1/s1. The Hall–Kier alpha value is -1.78. The lowest BCUT2D eigenvalue weighted by Gasteiger charge is -2.06. The van der Waals surface area contributed by atoms with Crippen LogP contribution in [-0.2, 0) is 4.79 Å². The third-order valence-corrected chi connectivity index (χ3v) is 5.20. The van der Waals surface area contributed by atoms with Crippen LogP contribution in [0.2, 0.25) is 5.02 Å². The van der Waals surface area contributed by atoms with Crippen LogP contribution in [0.3, 0.4) is 0 Å². The second kappa shape index (κ2) is 6.15. The summed E-state index contributed by atoms with van der Waals surface area (Å²) in [6.45, 7) is 1.84. The first-order valence-electron chi connectivity index (χ1n) is 6.91. The van der Waals surface area contributed by atoms with Gasteiger partial charge in [0.2, 0.25) is 5.91 Å². The fourth-order valence-corrected chi connectivity index (χ4v) is 3.51. The number of halogens is 1. The van der Waals surface area contributed by atoms with Crippen molar-refractivity contribution in [3.8, 4) is 0 Å². The molecule has 2 aromatic rings. The van der Waals surface area contributed by atoms with E-state index in [0.29, 0.717) is 16.3 Å². The van der Waals surface area contributed by atoms with Crippen molar-refractivity contribution >= 4 is 40.7 Å². The molecule has 1 aliphatic heterocycles. The van der Waals surface area contributed by atoms with Gasteiger partial charge in [0.15, 0.2) is 5.78 Å². The Morgan fingerprint density at radius 3 is 2.82 bits per heavy atom. The van der Waals surface area contributed by atoms with Crippen LogP contribution >= 0.6 is 23.4 Å². The number of benzene rings is 2. The molecular formula is C17H14ClNO2S. The summed E-state index contributed by atoms with van der Waals surface area (Å²) in [5.74, 6) is 0.112. The number of carbonyl (C=O) groups excluding carboxylic acids is 2. The number of rotatable bonds is 4. The predicted octanol–water partition coefficient (Wildman–Crippen LogP) is 4.37. The van der Waals surface area contributed by atoms with E-state index in [0.717, 1.165) is 16.1 Å². The van der Waals surface area contributed by atoms with E-state index in [1.165, 1.54) is 11.8 Å². The molecule has 0 saturated heterocycles. The summed E-state index contributed by atoms with van der Waals surface area (Å²) < 4.78 is 0. The van der Waals surface area contributed by atoms with Gasteiger partial charge in [-0.15, -0.1) is 11.8 Å². The van der Waals surface area contributed by atoms with Crippen molar-refractivity contribution in [1.82, 2.24) is 0 Å². The van der Waals surface area contributed by atoms with Gasteiger partial charge in [-0.25, -0.2) is 0 Å². The Labute approximate surface area is 138 Å². The average Bonchev–Trinajstić information content (AvgIpc) is 2.81. The second-order valence-corrected chi connectivity index (χ2v) is 6.58. The molecule has 112 valence electrons. The first-order chi connectivity index (χ1) is 10.6. The first-order valence-corrected chi connectivity index (χ1v) is 8.28. The van der Waals surface area contributed by atoms with Crippen LogP contribution in [0.5, 0.6) is 0 Å². The number of Topliss-reactive ketones (excluding diaryl/α,β-unsaturated/α-hetero) is 1. The zero-order valence-electron chi connectivity index (χ0n) is 11.9. The molecule has 0 unspecified atom stereocenters. The number of carbonyl (C=O) groups is 2. The van der Waals surface area contributed by atoms with Gasteiger partial charge in [0.1, 0.15) is 0 Å². The van der Waals surface area contributed by atoms with Crippen molar-refractivity contribution in [3.63, 3.8) is 0 Å². The van der Waals surface area contributed by atoms with E-state index in [1.54, 1.807) is 12.1 Å². The van der Waals surface area contributed by atoms with Crippen molar-refractivity contribution < 1.29 is 9.59 Å². The third-order valence-electron chi connectivity index (χ3n) is 3.69. The molecule has 2 aromatic carbocycles. The zero-order valence-corrected chi connectivity index (χ0v) is 13.5. The summed E-state index contributed by atoms with van der Waals surface area (Å²) in [6.07, 6.45) is 0. The first kappa shape index (κ1) is 15.1. The molecule has 1 aliphatic rings. The summed E-state index contributed by atoms with van der Waals surface area (Å²) in [5.41, 5.74) is 2.31. The lowest BCUT2D eigenvalue weighted by molar-refractivity contribution is -0.116. The van der Waals surface area contributed by atoms with Crippen molar-refractivity contribution in [2.45, 2.75) is 17.7 Å². The molecule has 1 amide bonds. The Morgan fingerprint density at radius 2 is 2.05 bits per heavy atom. The molecule has 0 saturated carbocycles. The molecule has 0 aromatic heterocycles. The highest BCUT2D eigenvalue weighted by atomic mass is 35.5. The van der Waals surface area contributed by atoms with Crippen LogP contribution in [0.4, 0.5) is 5.69 Å². The zero-order chi connectivity index (χ0) is 15.7. The van der Waals surface area contributed by atoms with Gasteiger partial charge in [-0.3, -0.25) is 9.59 Å². The SMILES string of the molecule is C[C@H]1C(=O)Nc2ccc(C(=O)CSc3ccccc3Cl)cc21. The van der Waals surface area contributed by atoms with E-state index in [2.05, 4.69) is 5.32 Å². The number of thioether (sulfide) groups is 1. The molecule has 1 N–H and O–H groups in total. The summed E-state index contributed by atoms with van der Waals surface area (Å²) >= 11 is 7.51. The quantitative estimate of drug-likeness (QED) is 0.668. The highest BCUT2D eigenvalue weighted by molar-refractivity contribution is 8.00. The lowest BCUT2D eigenvalue weighted by Crippen LogP contribution is -2.08. The molecule has 0 fully saturated rings. The number of nitrogens with one attached hydrogen (secondary N) is 1. The van der Waals surface area contributed by atoms with Gasteiger partial charge < -0.3 is 5.32 Å². The van der Waals surface area contributed by atoms with Crippen molar-refractivity contribution in [2.75, 3.05) is 11.1 Å². The van der Waals surface area contributed by atoms with Gasteiger partial charge in [0, 0.05) is 16.1 Å². The summed E-state index contributed by atoms with van der Waals surface area (Å²) in [4.78, 5) is 24.9. The van der Waals surface area contributed by atoms with Gasteiger partial charge >= 0.3 is 0 Å². The summed E-state index contributed by atoms with van der Waals surface area (Å²) in [5, 5.41) is 3.46. The number of hydrogen-bond acceptors (Lipinski definition) is 3. The number of anilines is 1. The van der Waals surface area contributed by atoms with Gasteiger partial charge in [-0.1, -0.05) is 23.7 Å². The molecular weight excluding hydrogens is 318 g/mol. The fraction of sp³-hybridized carbons (Fsp3) is 0.176. The summed E-state index contributed by atoms with van der Waals surface area (Å²) in [7, 11) is 0. The van der Waals surface area contributed by atoms with Crippen LogP contribution in [0.1, 0.15) is 28.8 Å². The Bertz CT molecular complexity index is 760. The minimum Gasteiger partial charge on any atom is -0.325 e. The maximum Gasteiger partial charge on any atom is 0.231 e. The number of hydrogen-bond donors (Lipinski definition) is 1. The van der Waals surface area contributed by atoms with Gasteiger partial charge in [-0.05, 0) is 42.8 Å². The van der Waals surface area contributed by atoms with E-state index >= 15 is 0 Å². The summed E-state index contributed by atoms with van der Waals surface area (Å²) in [6, 6.07) is 12.8. The van der Waals surface area contributed by atoms with Gasteiger partial charge in [-0.2, -0.15) is 0 Å². The molecule has 3 rings (SSSR count). The number of fused-ring (bicyclic) bond motifs is 1. The van der Waals surface area contributed by atoms with E-state index in [4.69, 9.17) is 11.6 Å². The van der Waals surface area contributed by atoms with Crippen molar-refractivity contribution in [2.24, 2.45) is 0 Å². The maximum atomic E-state index is 12.3. The topological polar surface area (TPSA) is 46.2 Å². The normalized spacial score (nSPS) is 16.3. The molecule has 0 bridgehead atoms. The Morgan fingerprint density at radius 1 is 1.27 bits per heavy atom. The lowest BCUT2D eigenvalue weighted by atomic mass is 9.99. The molecule has 0 aliphatic carbocycles. The van der Waals surface area contributed by atoms with Crippen LogP contribution in [0, 0.1) is 0 Å². The van der Waals surface area contributed by atoms with E-state index in [9.17, 15) is 9.59 Å². The molecule has 3 nitrogen and oxygen atoms in total. The maximum absolute atomic E-state index is 12.3. The average molecular weight is 332 g/mol. The van der Waals surface area contributed by atoms with Crippen LogP contribution in [-0.4, -0.2) is 17.4 Å². The Kier molecular flexibility index (Phi) is 4.23. The van der Waals surface area contributed by atoms with E-state index in [1.807, 2.05) is 37.3 Å². The molecule has 22 heavy (non-hydrogen) atoms. The monoisotopic (exact) mass is 331 g/mol. The molecule has 1 atom stereocenters. The minimum atomic E-state index is -0.209. The minimum absolute atomic E-state index is 0.0231. The molecule has 0 radical (unpaired) electrons. The molecule has 5 heteroatoms. The predicted molar refractivity (Wildman–Crippen MR) is 90.0 cm³/mol. The van der Waals surface area contributed by atoms with E-state index < -0.39 is 0 Å². The second-order valence-electron chi connectivity index (χ2n) is 5.16. The fourth-order valence-electron chi connectivity index (χ4n) is 2.38. The number of ketones is 1. The van der Waals surface area contributed by atoms with Crippen molar-refractivity contribution in [3.05, 3.63) is 58.6 Å². The molecule has 0 spiro atoms. The highest BCUT2D eigenvalue weighted by Gasteiger charge is 2.27. The van der Waals surface area contributed by atoms with E-state index in [-0.39, 0.29) is 17.6 Å². The van der Waals surface area contributed by atoms with Gasteiger partial charge in [0.05, 0.1) is 16.7 Å². The Balaban J connectivity index is 1.74. The smallest absolute Gasteiger partial charge is 0.231 e. The van der Waals surface area contributed by atoms with Gasteiger partial charge in [0.25, 0.3) is 0 Å².